The number of halogens is 1. The zero-order valence-electron chi connectivity index (χ0n) is 7.13. The fourth-order valence-corrected chi connectivity index (χ4v) is 0.750. The van der Waals surface area contributed by atoms with E-state index in [0.717, 1.165) is 5.96 Å². The van der Waals surface area contributed by atoms with E-state index in [1.807, 2.05) is 0 Å². The summed E-state index contributed by atoms with van der Waals surface area (Å²) in [4.78, 5) is 4.00. The Morgan fingerprint density at radius 1 is 1.67 bits per heavy atom. The zero-order chi connectivity index (χ0) is 8.10. The molecule has 0 aromatic carbocycles. The van der Waals surface area contributed by atoms with Gasteiger partial charge in [-0.3, -0.25) is 4.99 Å². The molecule has 1 aliphatic rings. The Bertz CT molecular complexity index is 191. The average molecular weight is 279 g/mol. The highest BCUT2D eigenvalue weighted by atomic mass is 127. The number of hydrogen-bond donors (Lipinski definition) is 2. The smallest absolute Gasteiger partial charge is 0.191 e. The lowest BCUT2D eigenvalue weighted by Crippen LogP contribution is -2.38. The molecular weight excluding hydrogens is 265 g/mol. The van der Waals surface area contributed by atoms with Crippen LogP contribution in [0.5, 0.6) is 0 Å². The molecule has 4 heteroatoms. The number of rotatable bonds is 2. The maximum absolute atomic E-state index is 5.08. The third-order valence-electron chi connectivity index (χ3n) is 1.50. The number of guanidine groups is 1. The largest absolute Gasteiger partial charge is 0.354 e. The molecule has 3 nitrogen and oxygen atoms in total. The first-order valence-corrected chi connectivity index (χ1v) is 3.77. The molecule has 12 heavy (non-hydrogen) atoms. The maximum Gasteiger partial charge on any atom is 0.191 e. The monoisotopic (exact) mass is 279 g/mol. The summed E-state index contributed by atoms with van der Waals surface area (Å²) in [5.74, 6) is 3.30. The second-order valence-electron chi connectivity index (χ2n) is 2.55. The fourth-order valence-electron chi connectivity index (χ4n) is 0.750. The molecule has 0 saturated heterocycles. The lowest BCUT2D eigenvalue weighted by Gasteiger charge is -2.07. The highest BCUT2D eigenvalue weighted by Crippen LogP contribution is 2.18. The van der Waals surface area contributed by atoms with Crippen LogP contribution in [0.3, 0.4) is 0 Å². The summed E-state index contributed by atoms with van der Waals surface area (Å²) in [5.41, 5.74) is 0. The SMILES string of the molecule is C#CCNC(=NC)NC1CC1.I. The minimum atomic E-state index is 0. The van der Waals surface area contributed by atoms with Crippen LogP contribution < -0.4 is 10.6 Å². The predicted octanol–water partition coefficient (Wildman–Crippen LogP) is 0.565. The molecule has 1 rings (SSSR count). The predicted molar refractivity (Wildman–Crippen MR) is 61.8 cm³/mol. The van der Waals surface area contributed by atoms with E-state index in [4.69, 9.17) is 6.42 Å². The first-order chi connectivity index (χ1) is 5.36. The average Bonchev–Trinajstić information content (AvgIpc) is 2.81. The summed E-state index contributed by atoms with van der Waals surface area (Å²) in [6, 6.07) is 0.624. The van der Waals surface area contributed by atoms with Gasteiger partial charge in [0.15, 0.2) is 5.96 Å². The summed E-state index contributed by atoms with van der Waals surface area (Å²) < 4.78 is 0. The van der Waals surface area contributed by atoms with Crippen LogP contribution in [0.2, 0.25) is 0 Å². The van der Waals surface area contributed by atoms with Gasteiger partial charge in [-0.2, -0.15) is 0 Å². The first kappa shape index (κ1) is 11.6. The van der Waals surface area contributed by atoms with Crippen LogP contribution in [-0.2, 0) is 0 Å². The molecule has 1 aliphatic carbocycles. The molecule has 0 atom stereocenters. The van der Waals surface area contributed by atoms with Gasteiger partial charge in [0.05, 0.1) is 6.54 Å². The van der Waals surface area contributed by atoms with Gasteiger partial charge in [-0.25, -0.2) is 0 Å². The van der Waals surface area contributed by atoms with E-state index in [1.165, 1.54) is 12.8 Å². The van der Waals surface area contributed by atoms with Crippen molar-refractivity contribution in [2.45, 2.75) is 18.9 Å². The first-order valence-electron chi connectivity index (χ1n) is 3.77. The van der Waals surface area contributed by atoms with E-state index < -0.39 is 0 Å². The third kappa shape index (κ3) is 4.44. The molecule has 1 saturated carbocycles. The Balaban J connectivity index is 0.00000121. The van der Waals surface area contributed by atoms with Crippen LogP contribution in [0.1, 0.15) is 12.8 Å². The Kier molecular flexibility index (Phi) is 5.89. The summed E-state index contributed by atoms with van der Waals surface area (Å²) in [6.45, 7) is 0.534. The van der Waals surface area contributed by atoms with E-state index in [1.54, 1.807) is 7.05 Å². The van der Waals surface area contributed by atoms with Crippen molar-refractivity contribution in [3.8, 4) is 12.3 Å². The van der Waals surface area contributed by atoms with Crippen molar-refractivity contribution in [2.24, 2.45) is 4.99 Å². The molecule has 1 fully saturated rings. The Hall–Kier alpha value is -0.440. The second-order valence-corrected chi connectivity index (χ2v) is 2.55. The topological polar surface area (TPSA) is 36.4 Å². The van der Waals surface area contributed by atoms with Gasteiger partial charge >= 0.3 is 0 Å². The number of terminal acetylenes is 1. The minimum Gasteiger partial charge on any atom is -0.354 e. The van der Waals surface area contributed by atoms with Gasteiger partial charge in [0.25, 0.3) is 0 Å². The van der Waals surface area contributed by atoms with Crippen molar-refractivity contribution in [2.75, 3.05) is 13.6 Å². The van der Waals surface area contributed by atoms with Crippen LogP contribution in [-0.4, -0.2) is 25.6 Å². The maximum atomic E-state index is 5.08. The van der Waals surface area contributed by atoms with Gasteiger partial charge in [-0.1, -0.05) is 5.92 Å². The van der Waals surface area contributed by atoms with Gasteiger partial charge in [-0.05, 0) is 12.8 Å². The van der Waals surface area contributed by atoms with Gasteiger partial charge < -0.3 is 10.6 Å². The molecule has 2 N–H and O–H groups in total. The summed E-state index contributed by atoms with van der Waals surface area (Å²) in [7, 11) is 1.74. The molecule has 0 aromatic heterocycles. The van der Waals surface area contributed by atoms with Crippen molar-refractivity contribution in [1.29, 1.82) is 0 Å². The lowest BCUT2D eigenvalue weighted by atomic mass is 10.6. The van der Waals surface area contributed by atoms with E-state index in [0.29, 0.717) is 12.6 Å². The fraction of sp³-hybridized carbons (Fsp3) is 0.625. The number of aliphatic imine (C=N–C) groups is 1. The summed E-state index contributed by atoms with van der Waals surface area (Å²) in [5, 5.41) is 6.21. The van der Waals surface area contributed by atoms with Crippen molar-refractivity contribution >= 4 is 29.9 Å². The highest BCUT2D eigenvalue weighted by Gasteiger charge is 2.21. The van der Waals surface area contributed by atoms with E-state index in [-0.39, 0.29) is 24.0 Å². The standard InChI is InChI=1S/C8H13N3.HI/c1-3-6-10-8(9-2)11-7-4-5-7;/h1,7H,4-6H2,2H3,(H2,9,10,11);1H. The van der Waals surface area contributed by atoms with Crippen LogP contribution in [0.4, 0.5) is 0 Å². The summed E-state index contributed by atoms with van der Waals surface area (Å²) in [6.07, 6.45) is 7.58. The number of nitrogens with zero attached hydrogens (tertiary/aromatic N) is 1. The molecule has 0 heterocycles. The third-order valence-corrected chi connectivity index (χ3v) is 1.50. The van der Waals surface area contributed by atoms with E-state index in [9.17, 15) is 0 Å². The van der Waals surface area contributed by atoms with Gasteiger partial charge in [-0.15, -0.1) is 30.4 Å². The van der Waals surface area contributed by atoms with Crippen LogP contribution in [0.15, 0.2) is 4.99 Å². The lowest BCUT2D eigenvalue weighted by molar-refractivity contribution is 0.846. The molecule has 0 unspecified atom stereocenters. The molecule has 0 aromatic rings. The molecule has 0 bridgehead atoms. The van der Waals surface area contributed by atoms with E-state index >= 15 is 0 Å². The number of nitrogens with one attached hydrogen (secondary N) is 2. The highest BCUT2D eigenvalue weighted by molar-refractivity contribution is 14.0. The zero-order valence-corrected chi connectivity index (χ0v) is 9.46. The van der Waals surface area contributed by atoms with Crippen LogP contribution >= 0.6 is 24.0 Å². The molecule has 68 valence electrons. The van der Waals surface area contributed by atoms with Gasteiger partial charge in [0.2, 0.25) is 0 Å². The minimum absolute atomic E-state index is 0. The second kappa shape index (κ2) is 6.12. The quantitative estimate of drug-likeness (QED) is 0.335. The van der Waals surface area contributed by atoms with Gasteiger partial charge in [0.1, 0.15) is 0 Å². The molecule has 0 radical (unpaired) electrons. The molecule has 0 amide bonds. The Morgan fingerprint density at radius 3 is 2.75 bits per heavy atom. The van der Waals surface area contributed by atoms with Crippen molar-refractivity contribution < 1.29 is 0 Å². The van der Waals surface area contributed by atoms with Crippen molar-refractivity contribution in [3.05, 3.63) is 0 Å². The molecule has 0 aliphatic heterocycles. The van der Waals surface area contributed by atoms with E-state index in [2.05, 4.69) is 21.5 Å². The Labute approximate surface area is 90.4 Å². The number of hydrogen-bond acceptors (Lipinski definition) is 1. The van der Waals surface area contributed by atoms with Crippen molar-refractivity contribution in [3.63, 3.8) is 0 Å². The van der Waals surface area contributed by atoms with Crippen LogP contribution in [0.25, 0.3) is 0 Å². The van der Waals surface area contributed by atoms with Crippen molar-refractivity contribution in [1.82, 2.24) is 10.6 Å². The van der Waals surface area contributed by atoms with Crippen LogP contribution in [0, 0.1) is 12.3 Å². The normalized spacial score (nSPS) is 15.8. The molecular formula is C8H14IN3. The van der Waals surface area contributed by atoms with Gasteiger partial charge in [0, 0.05) is 13.1 Å². The Morgan fingerprint density at radius 2 is 2.33 bits per heavy atom. The molecule has 0 spiro atoms. The summed E-state index contributed by atoms with van der Waals surface area (Å²) >= 11 is 0.